The van der Waals surface area contributed by atoms with Crippen molar-refractivity contribution >= 4 is 25.4 Å². The quantitative estimate of drug-likeness (QED) is 0.310. The van der Waals surface area contributed by atoms with Crippen LogP contribution in [0.5, 0.6) is 0 Å². The van der Waals surface area contributed by atoms with Gasteiger partial charge in [-0.25, -0.2) is 4.57 Å². The molecule has 6 heteroatoms. The topological polar surface area (TPSA) is 44.8 Å². The van der Waals surface area contributed by atoms with Crippen molar-refractivity contribution in [2.75, 3.05) is 19.8 Å². The molecule has 112 valence electrons. The van der Waals surface area contributed by atoms with Crippen LogP contribution >= 0.6 is 7.82 Å². The fourth-order valence-electron chi connectivity index (χ4n) is 1.07. The molecule has 0 N–H and O–H groups in total. The second-order valence-corrected chi connectivity index (χ2v) is 5.68. The molecule has 0 radical (unpaired) electrons. The summed E-state index contributed by atoms with van der Waals surface area (Å²) in [4.78, 5) is 0. The first-order valence-electron chi connectivity index (χ1n) is 6.72. The molecule has 0 heterocycles. The molecule has 0 spiro atoms. The zero-order chi connectivity index (χ0) is 13.0. The molecule has 0 unspecified atom stereocenters. The van der Waals surface area contributed by atoms with Gasteiger partial charge in [-0.15, -0.1) is 0 Å². The van der Waals surface area contributed by atoms with Crippen molar-refractivity contribution in [1.82, 2.24) is 0 Å². The molecule has 0 aliphatic carbocycles. The summed E-state index contributed by atoms with van der Waals surface area (Å²) in [5.74, 6) is 0. The number of hydrogen-bond acceptors (Lipinski definition) is 4. The first kappa shape index (κ1) is 21.0. The fourth-order valence-corrected chi connectivity index (χ4v) is 2.36. The Morgan fingerprint density at radius 1 is 0.722 bits per heavy atom. The Morgan fingerprint density at radius 3 is 1.22 bits per heavy atom. The predicted molar refractivity (Wildman–Crippen MR) is 81.5 cm³/mol. The minimum absolute atomic E-state index is 0. The second-order valence-electron chi connectivity index (χ2n) is 4.01. The van der Waals surface area contributed by atoms with E-state index in [1.165, 1.54) is 0 Å². The molecule has 0 aliphatic rings. The van der Waals surface area contributed by atoms with E-state index in [0.29, 0.717) is 19.8 Å². The molecule has 0 aromatic rings. The maximum atomic E-state index is 12.2. The van der Waals surface area contributed by atoms with Gasteiger partial charge >= 0.3 is 25.4 Å². The molecule has 0 fully saturated rings. The van der Waals surface area contributed by atoms with Crippen molar-refractivity contribution < 1.29 is 18.1 Å². The molecule has 0 aliphatic heterocycles. The van der Waals surface area contributed by atoms with Gasteiger partial charge in [0.15, 0.2) is 0 Å². The van der Waals surface area contributed by atoms with Crippen LogP contribution in [0.3, 0.4) is 0 Å². The maximum absolute atomic E-state index is 12.2. The Morgan fingerprint density at radius 2 is 1.00 bits per heavy atom. The third-order valence-corrected chi connectivity index (χ3v) is 3.74. The number of phosphoric acid groups is 1. The van der Waals surface area contributed by atoms with Gasteiger partial charge in [0.05, 0.1) is 19.8 Å². The molecule has 0 aromatic heterocycles. The molecule has 4 nitrogen and oxygen atoms in total. The van der Waals surface area contributed by atoms with Gasteiger partial charge in [0.2, 0.25) is 0 Å². The molecule has 0 rings (SSSR count). The molecule has 0 saturated carbocycles. The van der Waals surface area contributed by atoms with Gasteiger partial charge in [0.1, 0.15) is 0 Å². The van der Waals surface area contributed by atoms with E-state index in [1.807, 2.05) is 0 Å². The van der Waals surface area contributed by atoms with Crippen LogP contribution in [0.15, 0.2) is 0 Å². The van der Waals surface area contributed by atoms with E-state index in [1.54, 1.807) is 0 Å². The summed E-state index contributed by atoms with van der Waals surface area (Å²) >= 11 is 0. The van der Waals surface area contributed by atoms with Gasteiger partial charge in [-0.3, -0.25) is 13.6 Å². The predicted octanol–water partition coefficient (Wildman–Crippen LogP) is 3.09. The summed E-state index contributed by atoms with van der Waals surface area (Å²) in [6.07, 6.45) is 5.63. The SMILES string of the molecule is CCCCOP(=O)(OCCCC)OCCCC.[GeH4]. The monoisotopic (exact) mass is 344 g/mol. The van der Waals surface area contributed by atoms with E-state index in [2.05, 4.69) is 20.8 Å². The van der Waals surface area contributed by atoms with Crippen molar-refractivity contribution in [3.63, 3.8) is 0 Å². The zero-order valence-corrected chi connectivity index (χ0v) is 12.3. The Kier molecular flexibility index (Phi) is 16.4. The number of phosphoric ester groups is 1. The van der Waals surface area contributed by atoms with Crippen LogP contribution in [-0.2, 0) is 18.1 Å². The van der Waals surface area contributed by atoms with Crippen molar-refractivity contribution in [2.24, 2.45) is 0 Å². The van der Waals surface area contributed by atoms with Crippen molar-refractivity contribution in [3.05, 3.63) is 0 Å². The average Bonchev–Trinajstić information content (AvgIpc) is 2.30. The Bertz CT molecular complexity index is 181. The molecular formula is C12H31GeO4P. The Hall–Kier alpha value is 0.653. The van der Waals surface area contributed by atoms with Crippen LogP contribution in [0.2, 0.25) is 0 Å². The number of rotatable bonds is 12. The summed E-state index contributed by atoms with van der Waals surface area (Å²) in [7, 11) is -3.31. The average molecular weight is 343 g/mol. The Labute approximate surface area is 123 Å². The summed E-state index contributed by atoms with van der Waals surface area (Å²) in [5, 5.41) is 0. The van der Waals surface area contributed by atoms with Gasteiger partial charge in [-0.2, -0.15) is 0 Å². The van der Waals surface area contributed by atoms with Gasteiger partial charge in [0.25, 0.3) is 0 Å². The van der Waals surface area contributed by atoms with Crippen LogP contribution in [-0.4, -0.2) is 37.4 Å². The molecule has 0 bridgehead atoms. The van der Waals surface area contributed by atoms with E-state index < -0.39 is 7.82 Å². The normalized spacial score (nSPS) is 11.3. The van der Waals surface area contributed by atoms with E-state index >= 15 is 0 Å². The summed E-state index contributed by atoms with van der Waals surface area (Å²) in [5.41, 5.74) is 0. The number of unbranched alkanes of at least 4 members (excludes halogenated alkanes) is 3. The standard InChI is InChI=1S/C12H27O4P.GeH4/c1-4-7-10-14-17(13,15-11-8-5-2)16-12-9-6-3;/h4-12H2,1-3H3;1H4. The minimum atomic E-state index is -3.31. The summed E-state index contributed by atoms with van der Waals surface area (Å²) < 4.78 is 28.0. The van der Waals surface area contributed by atoms with Gasteiger partial charge in [-0.1, -0.05) is 40.0 Å². The molecule has 0 saturated heterocycles. The van der Waals surface area contributed by atoms with Gasteiger partial charge < -0.3 is 0 Å². The van der Waals surface area contributed by atoms with Crippen LogP contribution < -0.4 is 0 Å². The van der Waals surface area contributed by atoms with E-state index in [-0.39, 0.29) is 17.6 Å². The summed E-state index contributed by atoms with van der Waals surface area (Å²) in [6.45, 7) is 7.49. The second kappa shape index (κ2) is 14.1. The first-order chi connectivity index (χ1) is 8.18. The van der Waals surface area contributed by atoms with E-state index in [4.69, 9.17) is 13.6 Å². The van der Waals surface area contributed by atoms with E-state index in [9.17, 15) is 4.57 Å². The Balaban J connectivity index is 0. The van der Waals surface area contributed by atoms with Crippen LogP contribution in [0.25, 0.3) is 0 Å². The molecule has 0 atom stereocenters. The third-order valence-electron chi connectivity index (χ3n) is 2.24. The first-order valence-corrected chi connectivity index (χ1v) is 8.18. The van der Waals surface area contributed by atoms with Crippen molar-refractivity contribution in [1.29, 1.82) is 0 Å². The van der Waals surface area contributed by atoms with Gasteiger partial charge in [0, 0.05) is 0 Å². The van der Waals surface area contributed by atoms with Gasteiger partial charge in [-0.05, 0) is 19.3 Å². The molecule has 0 aromatic carbocycles. The third kappa shape index (κ3) is 11.7. The molecular weight excluding hydrogens is 312 g/mol. The van der Waals surface area contributed by atoms with Crippen molar-refractivity contribution in [2.45, 2.75) is 59.3 Å². The fraction of sp³-hybridized carbons (Fsp3) is 1.00. The van der Waals surface area contributed by atoms with Crippen molar-refractivity contribution in [3.8, 4) is 0 Å². The van der Waals surface area contributed by atoms with Crippen LogP contribution in [0.4, 0.5) is 0 Å². The van der Waals surface area contributed by atoms with Crippen LogP contribution in [0.1, 0.15) is 59.3 Å². The molecule has 18 heavy (non-hydrogen) atoms. The van der Waals surface area contributed by atoms with E-state index in [0.717, 1.165) is 38.5 Å². The summed E-state index contributed by atoms with van der Waals surface area (Å²) in [6, 6.07) is 0. The molecule has 0 amide bonds. The zero-order valence-electron chi connectivity index (χ0n) is 11.4. The number of hydrogen-bond donors (Lipinski definition) is 0. The van der Waals surface area contributed by atoms with Crippen LogP contribution in [0, 0.1) is 0 Å².